The fourth-order valence-electron chi connectivity index (χ4n) is 3.42. The average molecular weight is 333 g/mol. The molecule has 122 valence electrons. The highest BCUT2D eigenvalue weighted by molar-refractivity contribution is 6.35. The molecule has 1 atom stereocenters. The van der Waals surface area contributed by atoms with Crippen LogP contribution in [0.2, 0.25) is 5.02 Å². The number of aromatic nitrogens is 1. The highest BCUT2D eigenvalue weighted by atomic mass is 35.5. The first-order chi connectivity index (χ1) is 11.1. The Labute approximate surface area is 141 Å². The van der Waals surface area contributed by atoms with Gasteiger partial charge in [0.2, 0.25) is 0 Å². The lowest BCUT2D eigenvalue weighted by atomic mass is 9.93. The number of piperidine rings is 1. The van der Waals surface area contributed by atoms with E-state index in [1.54, 1.807) is 6.20 Å². The second-order valence-electron chi connectivity index (χ2n) is 6.28. The van der Waals surface area contributed by atoms with Crippen molar-refractivity contribution in [2.45, 2.75) is 32.2 Å². The summed E-state index contributed by atoms with van der Waals surface area (Å²) in [5.41, 5.74) is 2.15. The Hall–Kier alpha value is -1.65. The van der Waals surface area contributed by atoms with Crippen LogP contribution in [0.1, 0.15) is 31.2 Å². The molecule has 1 aromatic heterocycles. The number of carbonyl (C=O) groups is 1. The zero-order valence-corrected chi connectivity index (χ0v) is 13.8. The monoisotopic (exact) mass is 332 g/mol. The summed E-state index contributed by atoms with van der Waals surface area (Å²) < 4.78 is 0. The van der Waals surface area contributed by atoms with Crippen LogP contribution in [-0.4, -0.2) is 34.0 Å². The zero-order chi connectivity index (χ0) is 16.2. The maximum atomic E-state index is 10.8. The summed E-state index contributed by atoms with van der Waals surface area (Å²) >= 11 is 6.26. The van der Waals surface area contributed by atoms with Crippen molar-refractivity contribution in [2.75, 3.05) is 13.1 Å². The molecule has 2 heterocycles. The van der Waals surface area contributed by atoms with Crippen molar-refractivity contribution in [2.24, 2.45) is 5.92 Å². The van der Waals surface area contributed by atoms with E-state index in [2.05, 4.69) is 16.0 Å². The van der Waals surface area contributed by atoms with E-state index in [0.29, 0.717) is 5.92 Å². The van der Waals surface area contributed by atoms with Gasteiger partial charge < -0.3 is 5.11 Å². The summed E-state index contributed by atoms with van der Waals surface area (Å²) in [6, 6.07) is 7.89. The van der Waals surface area contributed by atoms with Crippen molar-refractivity contribution in [1.29, 1.82) is 0 Å². The van der Waals surface area contributed by atoms with Gasteiger partial charge in [0.15, 0.2) is 0 Å². The van der Waals surface area contributed by atoms with E-state index in [-0.39, 0.29) is 6.42 Å². The maximum Gasteiger partial charge on any atom is 0.303 e. The first kappa shape index (κ1) is 16.2. The van der Waals surface area contributed by atoms with Crippen LogP contribution in [-0.2, 0) is 11.3 Å². The minimum atomic E-state index is -0.699. The van der Waals surface area contributed by atoms with Crippen molar-refractivity contribution < 1.29 is 9.90 Å². The number of nitrogens with zero attached hydrogens (tertiary/aromatic N) is 2. The van der Waals surface area contributed by atoms with Gasteiger partial charge in [0, 0.05) is 36.1 Å². The zero-order valence-electron chi connectivity index (χ0n) is 13.0. The van der Waals surface area contributed by atoms with Crippen LogP contribution in [0.15, 0.2) is 30.5 Å². The summed E-state index contributed by atoms with van der Waals surface area (Å²) in [5.74, 6) is -0.221. The molecule has 0 saturated carbocycles. The number of aliphatic carboxylic acids is 1. The van der Waals surface area contributed by atoms with Crippen molar-refractivity contribution >= 4 is 28.5 Å². The van der Waals surface area contributed by atoms with Crippen LogP contribution in [0.25, 0.3) is 10.9 Å². The minimum absolute atomic E-state index is 0.268. The third-order valence-corrected chi connectivity index (χ3v) is 4.89. The van der Waals surface area contributed by atoms with E-state index in [1.807, 2.05) is 18.2 Å². The molecule has 0 aliphatic carbocycles. The number of benzene rings is 1. The fourth-order valence-corrected chi connectivity index (χ4v) is 3.64. The smallest absolute Gasteiger partial charge is 0.303 e. The number of fused-ring (bicyclic) bond motifs is 1. The summed E-state index contributed by atoms with van der Waals surface area (Å²) in [6.07, 6.45) is 5.09. The van der Waals surface area contributed by atoms with Gasteiger partial charge in [0.05, 0.1) is 5.52 Å². The van der Waals surface area contributed by atoms with Crippen molar-refractivity contribution in [1.82, 2.24) is 9.88 Å². The quantitative estimate of drug-likeness (QED) is 0.900. The Balaban J connectivity index is 1.72. The predicted molar refractivity (Wildman–Crippen MR) is 91.6 cm³/mol. The van der Waals surface area contributed by atoms with Gasteiger partial charge in [0.25, 0.3) is 0 Å². The van der Waals surface area contributed by atoms with Gasteiger partial charge in [-0.25, -0.2) is 0 Å². The van der Waals surface area contributed by atoms with Gasteiger partial charge in [-0.3, -0.25) is 14.7 Å². The number of rotatable bonds is 5. The van der Waals surface area contributed by atoms with Gasteiger partial charge in [0.1, 0.15) is 0 Å². The number of halogens is 1. The Morgan fingerprint density at radius 1 is 1.39 bits per heavy atom. The standard InChI is InChI=1S/C18H21ClN2O2/c19-16-7-6-14(18-15(16)4-1-9-20-18)12-21-10-2-3-13(11-21)5-8-17(22)23/h1,4,6-7,9,13H,2-3,5,8,10-12H2,(H,22,23). The largest absolute Gasteiger partial charge is 0.481 e. The molecule has 0 radical (unpaired) electrons. The number of carboxylic acid groups (broad SMARTS) is 1. The molecule has 4 nitrogen and oxygen atoms in total. The summed E-state index contributed by atoms with van der Waals surface area (Å²) in [5, 5.41) is 10.6. The molecule has 1 fully saturated rings. The van der Waals surface area contributed by atoms with Crippen LogP contribution >= 0.6 is 11.6 Å². The van der Waals surface area contributed by atoms with Crippen molar-refractivity contribution in [3.63, 3.8) is 0 Å². The molecule has 0 spiro atoms. The Kier molecular flexibility index (Phi) is 5.13. The minimum Gasteiger partial charge on any atom is -0.481 e. The SMILES string of the molecule is O=C(O)CCC1CCCN(Cc2ccc(Cl)c3cccnc23)C1. The van der Waals surface area contributed by atoms with Crippen LogP contribution in [0, 0.1) is 5.92 Å². The molecule has 3 rings (SSSR count). The van der Waals surface area contributed by atoms with Crippen LogP contribution in [0.4, 0.5) is 0 Å². The third kappa shape index (κ3) is 4.01. The average Bonchev–Trinajstić information content (AvgIpc) is 2.56. The molecule has 2 aromatic rings. The lowest BCUT2D eigenvalue weighted by Crippen LogP contribution is -2.35. The maximum absolute atomic E-state index is 10.8. The Morgan fingerprint density at radius 2 is 2.26 bits per heavy atom. The molecule has 1 saturated heterocycles. The molecule has 5 heteroatoms. The van der Waals surface area contributed by atoms with Crippen molar-refractivity contribution in [3.8, 4) is 0 Å². The lowest BCUT2D eigenvalue weighted by molar-refractivity contribution is -0.137. The fraction of sp³-hybridized carbons (Fsp3) is 0.444. The van der Waals surface area contributed by atoms with Crippen molar-refractivity contribution in [3.05, 3.63) is 41.0 Å². The third-order valence-electron chi connectivity index (χ3n) is 4.56. The summed E-state index contributed by atoms with van der Waals surface area (Å²) in [6.45, 7) is 2.86. The Bertz CT molecular complexity index is 704. The van der Waals surface area contributed by atoms with E-state index in [1.165, 1.54) is 5.56 Å². The molecule has 1 aliphatic rings. The lowest BCUT2D eigenvalue weighted by Gasteiger charge is -2.32. The number of hydrogen-bond donors (Lipinski definition) is 1. The topological polar surface area (TPSA) is 53.4 Å². The molecule has 1 N–H and O–H groups in total. The highest BCUT2D eigenvalue weighted by Crippen LogP contribution is 2.27. The summed E-state index contributed by atoms with van der Waals surface area (Å²) in [4.78, 5) is 17.7. The number of pyridine rings is 1. The van der Waals surface area contributed by atoms with E-state index < -0.39 is 5.97 Å². The Morgan fingerprint density at radius 3 is 3.09 bits per heavy atom. The molecule has 1 unspecified atom stereocenters. The first-order valence-corrected chi connectivity index (χ1v) is 8.47. The normalized spacial score (nSPS) is 19.1. The number of carboxylic acids is 1. The van der Waals surface area contributed by atoms with E-state index in [0.717, 1.165) is 54.8 Å². The van der Waals surface area contributed by atoms with Crippen LogP contribution in [0.5, 0.6) is 0 Å². The van der Waals surface area contributed by atoms with Gasteiger partial charge >= 0.3 is 5.97 Å². The van der Waals surface area contributed by atoms with Gasteiger partial charge in [-0.1, -0.05) is 17.7 Å². The van der Waals surface area contributed by atoms with E-state index >= 15 is 0 Å². The molecule has 1 aliphatic heterocycles. The molecule has 1 aromatic carbocycles. The molecule has 0 bridgehead atoms. The molecule has 23 heavy (non-hydrogen) atoms. The molecular formula is C18H21ClN2O2. The van der Waals surface area contributed by atoms with Crippen LogP contribution < -0.4 is 0 Å². The van der Waals surface area contributed by atoms with Gasteiger partial charge in [-0.2, -0.15) is 0 Å². The predicted octanol–water partition coefficient (Wildman–Crippen LogP) is 3.97. The molecule has 0 amide bonds. The second kappa shape index (κ2) is 7.28. The first-order valence-electron chi connectivity index (χ1n) is 8.10. The van der Waals surface area contributed by atoms with Crippen LogP contribution in [0.3, 0.4) is 0 Å². The van der Waals surface area contributed by atoms with E-state index in [4.69, 9.17) is 16.7 Å². The van der Waals surface area contributed by atoms with Gasteiger partial charge in [-0.15, -0.1) is 0 Å². The molecular weight excluding hydrogens is 312 g/mol. The second-order valence-corrected chi connectivity index (χ2v) is 6.69. The highest BCUT2D eigenvalue weighted by Gasteiger charge is 2.21. The number of likely N-dealkylation sites (tertiary alicyclic amines) is 1. The summed E-state index contributed by atoms with van der Waals surface area (Å²) in [7, 11) is 0. The van der Waals surface area contributed by atoms with Gasteiger partial charge in [-0.05, 0) is 55.5 Å². The number of hydrogen-bond acceptors (Lipinski definition) is 3. The van der Waals surface area contributed by atoms with E-state index in [9.17, 15) is 4.79 Å².